The first kappa shape index (κ1) is 18.6. The van der Waals surface area contributed by atoms with E-state index in [2.05, 4.69) is 5.32 Å². The van der Waals surface area contributed by atoms with E-state index in [1.54, 1.807) is 0 Å². The molecule has 1 aromatic heterocycles. The lowest BCUT2D eigenvalue weighted by molar-refractivity contribution is -0.116. The van der Waals surface area contributed by atoms with Crippen LogP contribution in [0.1, 0.15) is 29.0 Å². The highest BCUT2D eigenvalue weighted by Gasteiger charge is 2.35. The molecular weight excluding hydrogens is 394 g/mol. The fourth-order valence-electron chi connectivity index (χ4n) is 4.06. The molecule has 30 heavy (non-hydrogen) atoms. The zero-order chi connectivity index (χ0) is 20.7. The number of nitrogens with zero attached hydrogens (tertiary/aromatic N) is 2. The van der Waals surface area contributed by atoms with E-state index in [9.17, 15) is 4.79 Å². The fraction of sp³-hybridized carbons (Fsp3) is 0.120. The van der Waals surface area contributed by atoms with E-state index >= 15 is 0 Å². The highest BCUT2D eigenvalue weighted by Crippen LogP contribution is 2.45. The predicted octanol–water partition coefficient (Wildman–Crippen LogP) is 5.98. The third-order valence-corrected chi connectivity index (χ3v) is 5.87. The van der Waals surface area contributed by atoms with Gasteiger partial charge in [0.25, 0.3) is 0 Å². The molecule has 5 heteroatoms. The molecule has 1 amide bonds. The summed E-state index contributed by atoms with van der Waals surface area (Å²) in [5.74, 6) is 0.496. The van der Waals surface area contributed by atoms with Crippen LogP contribution in [0.25, 0.3) is 16.9 Å². The average molecular weight is 414 g/mol. The number of hydrogen-bond acceptors (Lipinski definition) is 2. The van der Waals surface area contributed by atoms with Crippen molar-refractivity contribution in [3.05, 3.63) is 101 Å². The molecular formula is C25H20ClN3O. The predicted molar refractivity (Wildman–Crippen MR) is 120 cm³/mol. The number of nitrogens with one attached hydrogen (secondary N) is 1. The Balaban J connectivity index is 1.79. The molecule has 1 aliphatic heterocycles. The normalized spacial score (nSPS) is 15.5. The molecule has 1 aliphatic rings. The molecule has 2 heterocycles. The van der Waals surface area contributed by atoms with Gasteiger partial charge in [0.2, 0.25) is 5.91 Å². The quantitative estimate of drug-likeness (QED) is 0.449. The second-order valence-corrected chi connectivity index (χ2v) is 7.96. The largest absolute Gasteiger partial charge is 0.310 e. The Hall–Kier alpha value is -3.37. The number of aromatic nitrogens is 2. The SMILES string of the molecule is Cc1ccc(-n2nc(-c3ccccc3)c3c2NC(=O)CC3c2ccccc2Cl)cc1. The summed E-state index contributed by atoms with van der Waals surface area (Å²) >= 11 is 6.55. The second kappa shape index (κ2) is 7.47. The molecule has 0 fully saturated rings. The van der Waals surface area contributed by atoms with Gasteiger partial charge in [0.05, 0.1) is 11.4 Å². The number of aryl methyl sites for hydroxylation is 1. The molecule has 0 saturated heterocycles. The van der Waals surface area contributed by atoms with E-state index in [1.807, 2.05) is 90.5 Å². The lowest BCUT2D eigenvalue weighted by Crippen LogP contribution is -2.25. The number of hydrogen-bond donors (Lipinski definition) is 1. The number of rotatable bonds is 3. The Morgan fingerprint density at radius 3 is 2.40 bits per heavy atom. The third kappa shape index (κ3) is 3.19. The zero-order valence-corrected chi connectivity index (χ0v) is 17.2. The summed E-state index contributed by atoms with van der Waals surface area (Å²) in [6, 6.07) is 25.9. The smallest absolute Gasteiger partial charge is 0.226 e. The lowest BCUT2D eigenvalue weighted by Gasteiger charge is -2.25. The molecule has 4 nitrogen and oxygen atoms in total. The van der Waals surface area contributed by atoms with E-state index in [-0.39, 0.29) is 11.8 Å². The van der Waals surface area contributed by atoms with E-state index < -0.39 is 0 Å². The second-order valence-electron chi connectivity index (χ2n) is 7.55. The third-order valence-electron chi connectivity index (χ3n) is 5.52. The highest BCUT2D eigenvalue weighted by molar-refractivity contribution is 6.31. The molecule has 3 aromatic carbocycles. The van der Waals surface area contributed by atoms with Crippen molar-refractivity contribution in [2.24, 2.45) is 0 Å². The first-order valence-electron chi connectivity index (χ1n) is 9.91. The molecule has 1 N–H and O–H groups in total. The van der Waals surface area contributed by atoms with Crippen LogP contribution in [0, 0.1) is 6.92 Å². The molecule has 0 aliphatic carbocycles. The summed E-state index contributed by atoms with van der Waals surface area (Å²) in [4.78, 5) is 12.7. The number of halogens is 1. The topological polar surface area (TPSA) is 46.9 Å². The molecule has 5 rings (SSSR count). The minimum absolute atomic E-state index is 0.0414. The molecule has 0 bridgehead atoms. The summed E-state index contributed by atoms with van der Waals surface area (Å²) in [7, 11) is 0. The molecule has 4 aromatic rings. The molecule has 1 atom stereocenters. The van der Waals surface area contributed by atoms with Gasteiger partial charge < -0.3 is 5.32 Å². The Labute approximate surface area is 180 Å². The van der Waals surface area contributed by atoms with Crippen molar-refractivity contribution in [1.29, 1.82) is 0 Å². The van der Waals surface area contributed by atoms with Gasteiger partial charge in [-0.25, -0.2) is 4.68 Å². The number of anilines is 1. The van der Waals surface area contributed by atoms with Gasteiger partial charge >= 0.3 is 0 Å². The number of benzene rings is 3. The minimum atomic E-state index is -0.170. The van der Waals surface area contributed by atoms with Crippen LogP contribution in [-0.4, -0.2) is 15.7 Å². The zero-order valence-electron chi connectivity index (χ0n) is 16.5. The maximum Gasteiger partial charge on any atom is 0.226 e. The van der Waals surface area contributed by atoms with Gasteiger partial charge in [-0.2, -0.15) is 5.10 Å². The maximum absolute atomic E-state index is 12.7. The number of fused-ring (bicyclic) bond motifs is 1. The molecule has 0 radical (unpaired) electrons. The van der Waals surface area contributed by atoms with Gasteiger partial charge in [-0.05, 0) is 30.7 Å². The Kier molecular flexibility index (Phi) is 4.64. The van der Waals surface area contributed by atoms with Crippen molar-refractivity contribution in [2.45, 2.75) is 19.3 Å². The molecule has 0 spiro atoms. The van der Waals surface area contributed by atoms with E-state index in [0.717, 1.165) is 28.1 Å². The van der Waals surface area contributed by atoms with Crippen molar-refractivity contribution >= 4 is 23.3 Å². The molecule has 1 unspecified atom stereocenters. The Bertz CT molecular complexity index is 1230. The van der Waals surface area contributed by atoms with Crippen LogP contribution in [0.2, 0.25) is 5.02 Å². The van der Waals surface area contributed by atoms with Crippen LogP contribution in [0.5, 0.6) is 0 Å². The standard InChI is InChI=1S/C25H20ClN3O/c1-16-11-13-18(14-12-16)29-25-23(24(28-29)17-7-3-2-4-8-17)20(15-22(30)27-25)19-9-5-6-10-21(19)26/h2-14,20H,15H2,1H3,(H,27,30). The molecule has 0 saturated carbocycles. The van der Waals surface area contributed by atoms with Crippen molar-refractivity contribution in [1.82, 2.24) is 9.78 Å². The van der Waals surface area contributed by atoms with Gasteiger partial charge in [0.1, 0.15) is 5.82 Å². The van der Waals surface area contributed by atoms with E-state index in [0.29, 0.717) is 17.3 Å². The van der Waals surface area contributed by atoms with Crippen molar-refractivity contribution in [3.63, 3.8) is 0 Å². The highest BCUT2D eigenvalue weighted by atomic mass is 35.5. The first-order valence-corrected chi connectivity index (χ1v) is 10.3. The van der Waals surface area contributed by atoms with Crippen LogP contribution >= 0.6 is 11.6 Å². The van der Waals surface area contributed by atoms with Crippen molar-refractivity contribution in [2.75, 3.05) is 5.32 Å². The first-order chi connectivity index (χ1) is 14.6. The van der Waals surface area contributed by atoms with Crippen molar-refractivity contribution in [3.8, 4) is 16.9 Å². The lowest BCUT2D eigenvalue weighted by atomic mass is 9.84. The van der Waals surface area contributed by atoms with Crippen LogP contribution in [0.4, 0.5) is 5.82 Å². The summed E-state index contributed by atoms with van der Waals surface area (Å²) in [5, 5.41) is 8.69. The monoisotopic (exact) mass is 413 g/mol. The van der Waals surface area contributed by atoms with Gasteiger partial charge in [-0.1, -0.05) is 77.8 Å². The number of amides is 1. The van der Waals surface area contributed by atoms with Crippen LogP contribution in [0.15, 0.2) is 78.9 Å². The van der Waals surface area contributed by atoms with Crippen LogP contribution in [-0.2, 0) is 4.79 Å². The van der Waals surface area contributed by atoms with Gasteiger partial charge in [0.15, 0.2) is 0 Å². The molecule has 148 valence electrons. The van der Waals surface area contributed by atoms with E-state index in [1.165, 1.54) is 5.56 Å². The van der Waals surface area contributed by atoms with Crippen molar-refractivity contribution < 1.29 is 4.79 Å². The van der Waals surface area contributed by atoms with Crippen LogP contribution in [0.3, 0.4) is 0 Å². The average Bonchev–Trinajstić information content (AvgIpc) is 3.14. The van der Waals surface area contributed by atoms with Gasteiger partial charge in [0, 0.05) is 28.5 Å². The van der Waals surface area contributed by atoms with Crippen LogP contribution < -0.4 is 5.32 Å². The summed E-state index contributed by atoms with van der Waals surface area (Å²) in [5.41, 5.74) is 5.87. The minimum Gasteiger partial charge on any atom is -0.310 e. The van der Waals surface area contributed by atoms with Gasteiger partial charge in [-0.15, -0.1) is 0 Å². The number of carbonyl (C=O) groups is 1. The summed E-state index contributed by atoms with van der Waals surface area (Å²) in [6.07, 6.45) is 0.330. The fourth-order valence-corrected chi connectivity index (χ4v) is 4.32. The number of carbonyl (C=O) groups excluding carboxylic acids is 1. The van der Waals surface area contributed by atoms with E-state index in [4.69, 9.17) is 16.7 Å². The maximum atomic E-state index is 12.7. The summed E-state index contributed by atoms with van der Waals surface area (Å²) < 4.78 is 1.83. The Morgan fingerprint density at radius 2 is 1.67 bits per heavy atom. The summed E-state index contributed by atoms with van der Waals surface area (Å²) in [6.45, 7) is 2.05. The Morgan fingerprint density at radius 1 is 0.967 bits per heavy atom. The van der Waals surface area contributed by atoms with Gasteiger partial charge in [-0.3, -0.25) is 4.79 Å².